The second-order valence-corrected chi connectivity index (χ2v) is 18.8. The number of fused-ring (bicyclic) bond motifs is 6. The number of carboxylic acid groups (broad SMARTS) is 1. The van der Waals surface area contributed by atoms with Crippen LogP contribution in [0.4, 0.5) is 18.0 Å². The highest BCUT2D eigenvalue weighted by Crippen LogP contribution is 2.75. The summed E-state index contributed by atoms with van der Waals surface area (Å²) < 4.78 is 46.2. The van der Waals surface area contributed by atoms with Gasteiger partial charge in [-0.15, -0.1) is 0 Å². The van der Waals surface area contributed by atoms with E-state index < -0.39 is 47.1 Å². The number of ether oxygens (including phenoxy) is 1. The first-order valence-electron chi connectivity index (χ1n) is 18.6. The highest BCUT2D eigenvalue weighted by molar-refractivity contribution is 5.92. The zero-order chi connectivity index (χ0) is 37.6. The molecule has 0 heterocycles. The Kier molecular flexibility index (Phi) is 9.46. The molecule has 0 aromatic carbocycles. The Morgan fingerprint density at radius 2 is 1.58 bits per heavy atom. The zero-order valence-corrected chi connectivity index (χ0v) is 31.7. The summed E-state index contributed by atoms with van der Waals surface area (Å²) in [5, 5.41) is 14.6. The number of halogens is 3. The number of hydrogen-bond donors (Lipinski definition) is 3. The minimum absolute atomic E-state index is 0.0215. The lowest BCUT2D eigenvalue weighted by Gasteiger charge is -2.70. The fraction of sp³-hybridized carbons (Fsp3) is 0.846. The molecule has 0 saturated heterocycles. The van der Waals surface area contributed by atoms with E-state index in [2.05, 4.69) is 45.3 Å². The van der Waals surface area contributed by atoms with Gasteiger partial charge in [-0.2, -0.15) is 13.2 Å². The fourth-order valence-electron chi connectivity index (χ4n) is 12.0. The summed E-state index contributed by atoms with van der Waals surface area (Å²) >= 11 is 0. The Hall–Kier alpha value is -2.59. The lowest BCUT2D eigenvalue weighted by Crippen LogP contribution is -2.65. The number of ketones is 1. The Balaban J connectivity index is 1.47. The van der Waals surface area contributed by atoms with Gasteiger partial charge in [0.25, 0.3) is 0 Å². The van der Waals surface area contributed by atoms with Crippen molar-refractivity contribution in [3.63, 3.8) is 0 Å². The maximum atomic E-state index is 13.8. The van der Waals surface area contributed by atoms with E-state index in [4.69, 9.17) is 4.74 Å². The molecular formula is C39H59F3N2O6. The molecule has 0 aromatic rings. The molecule has 282 valence electrons. The maximum absolute atomic E-state index is 13.8. The Morgan fingerprint density at radius 3 is 2.16 bits per heavy atom. The first-order valence-corrected chi connectivity index (χ1v) is 18.6. The van der Waals surface area contributed by atoms with E-state index in [-0.39, 0.29) is 58.2 Å². The van der Waals surface area contributed by atoms with Gasteiger partial charge in [0.2, 0.25) is 0 Å². The summed E-state index contributed by atoms with van der Waals surface area (Å²) in [6.45, 7) is 19.6. The fourth-order valence-corrected chi connectivity index (χ4v) is 12.0. The molecule has 5 aliphatic carbocycles. The number of aliphatic carboxylic acids is 1. The molecule has 4 saturated carbocycles. The number of esters is 1. The summed E-state index contributed by atoms with van der Waals surface area (Å²) in [5.74, 6) is -1.28. The monoisotopic (exact) mass is 708 g/mol. The first-order chi connectivity index (χ1) is 22.8. The maximum Gasteiger partial charge on any atom is 0.408 e. The Bertz CT molecular complexity index is 1470. The number of hydrogen-bond acceptors (Lipinski definition) is 5. The van der Waals surface area contributed by atoms with Crippen molar-refractivity contribution in [2.24, 2.45) is 50.7 Å². The number of allylic oxidation sites excluding steroid dienone is 1. The molecule has 4 fully saturated rings. The highest BCUT2D eigenvalue weighted by atomic mass is 19.4. The summed E-state index contributed by atoms with van der Waals surface area (Å²) in [6, 6.07) is -2.92. The van der Waals surface area contributed by atoms with E-state index in [1.165, 1.54) is 19.4 Å². The van der Waals surface area contributed by atoms with Crippen molar-refractivity contribution in [1.29, 1.82) is 0 Å². The molecule has 11 heteroatoms. The predicted octanol–water partition coefficient (Wildman–Crippen LogP) is 8.38. The molecular weight excluding hydrogens is 649 g/mol. The Morgan fingerprint density at radius 1 is 0.940 bits per heavy atom. The van der Waals surface area contributed by atoms with Crippen LogP contribution in [0.25, 0.3) is 0 Å². The van der Waals surface area contributed by atoms with Crippen molar-refractivity contribution < 1.29 is 42.2 Å². The Labute approximate surface area is 295 Å². The number of alkyl halides is 3. The first kappa shape index (κ1) is 38.6. The average molecular weight is 709 g/mol. The van der Waals surface area contributed by atoms with Crippen LogP contribution in [0.5, 0.6) is 0 Å². The second kappa shape index (κ2) is 12.2. The van der Waals surface area contributed by atoms with E-state index in [1.54, 1.807) is 0 Å². The van der Waals surface area contributed by atoms with E-state index >= 15 is 0 Å². The number of carbonyl (C=O) groups is 4. The minimum atomic E-state index is -4.58. The molecule has 0 bridgehead atoms. The van der Waals surface area contributed by atoms with Gasteiger partial charge >= 0.3 is 24.1 Å². The molecule has 8 nitrogen and oxygen atoms in total. The number of rotatable bonds is 7. The lowest BCUT2D eigenvalue weighted by molar-refractivity contribution is -0.214. The minimum Gasteiger partial charge on any atom is -0.481 e. The quantitative estimate of drug-likeness (QED) is 0.181. The van der Waals surface area contributed by atoms with Gasteiger partial charge < -0.3 is 20.5 Å². The van der Waals surface area contributed by atoms with Crippen LogP contribution < -0.4 is 10.6 Å². The lowest BCUT2D eigenvalue weighted by atomic mass is 9.34. The van der Waals surface area contributed by atoms with Crippen LogP contribution in [0, 0.1) is 50.7 Å². The van der Waals surface area contributed by atoms with Gasteiger partial charge in [-0.05, 0) is 112 Å². The molecule has 5 aliphatic rings. The third-order valence-electron chi connectivity index (χ3n) is 14.9. The molecule has 0 aliphatic heterocycles. The van der Waals surface area contributed by atoms with Crippen molar-refractivity contribution in [1.82, 2.24) is 10.6 Å². The van der Waals surface area contributed by atoms with Crippen LogP contribution in [-0.2, 0) is 19.1 Å². The summed E-state index contributed by atoms with van der Waals surface area (Å²) in [6.07, 6.45) is 1.31. The van der Waals surface area contributed by atoms with Crippen molar-refractivity contribution in [2.75, 3.05) is 0 Å². The van der Waals surface area contributed by atoms with Crippen molar-refractivity contribution in [2.45, 2.75) is 157 Å². The number of urea groups is 1. The highest BCUT2D eigenvalue weighted by Gasteiger charge is 2.69. The van der Waals surface area contributed by atoms with Gasteiger partial charge in [0, 0.05) is 17.8 Å². The molecule has 0 radical (unpaired) electrons. The van der Waals surface area contributed by atoms with Gasteiger partial charge in [-0.1, -0.05) is 54.0 Å². The summed E-state index contributed by atoms with van der Waals surface area (Å²) in [5.41, 5.74) is -0.817. The molecule has 3 unspecified atom stereocenters. The third kappa shape index (κ3) is 5.88. The van der Waals surface area contributed by atoms with Gasteiger partial charge in [-0.25, -0.2) is 4.79 Å². The number of amides is 2. The molecule has 9 atom stereocenters. The van der Waals surface area contributed by atoms with Crippen molar-refractivity contribution in [3.05, 3.63) is 11.1 Å². The molecule has 0 aromatic heterocycles. The van der Waals surface area contributed by atoms with Crippen LogP contribution in [0.3, 0.4) is 0 Å². The van der Waals surface area contributed by atoms with Gasteiger partial charge in [0.1, 0.15) is 17.9 Å². The van der Waals surface area contributed by atoms with E-state index in [1.807, 2.05) is 13.8 Å². The molecule has 50 heavy (non-hydrogen) atoms. The normalized spacial score (nSPS) is 38.7. The molecule has 2 amide bonds. The molecule has 5 rings (SSSR count). The topological polar surface area (TPSA) is 122 Å². The largest absolute Gasteiger partial charge is 0.481 e. The third-order valence-corrected chi connectivity index (χ3v) is 14.9. The van der Waals surface area contributed by atoms with Gasteiger partial charge in [-0.3, -0.25) is 14.4 Å². The smallest absolute Gasteiger partial charge is 0.408 e. The van der Waals surface area contributed by atoms with E-state index in [0.29, 0.717) is 18.8 Å². The van der Waals surface area contributed by atoms with Gasteiger partial charge in [0.15, 0.2) is 0 Å². The summed E-state index contributed by atoms with van der Waals surface area (Å²) in [7, 11) is 0. The standard InChI is InChI=1S/C39H59F3N2O6/c1-21(2)29-24(45)19-38(44-32(49)43-22(3)39(40,41)42)18-17-36(9)23(30(29)38)11-12-26-35(8)15-14-27(50-28(46)20-33(4,5)31(47)48)34(6,7)25(35)13-16-37(26,36)10/h21-22,25-27,29H,11-20H2,1-10H3,(H,47,48)(H2,43,44,49)/t22-,25?,26?,27-,29?,35-,36+,37+,38+/m0/s1. The number of carboxylic acids is 1. The summed E-state index contributed by atoms with van der Waals surface area (Å²) in [4.78, 5) is 51.6. The van der Waals surface area contributed by atoms with E-state index in [0.717, 1.165) is 51.0 Å². The SMILES string of the molecule is CC(C)C1C(=O)C[C@]2(NC(=O)N[C@@H](C)C(F)(F)F)CC[C@]3(C)C(=C12)CCC1[C@@]2(C)CC[C@H](OC(=O)CC(C)(C)C(=O)O)C(C)(C)C2CC[C@]13C. The van der Waals surface area contributed by atoms with Crippen LogP contribution in [0.2, 0.25) is 0 Å². The van der Waals surface area contributed by atoms with Gasteiger partial charge in [0.05, 0.1) is 17.4 Å². The number of carbonyl (C=O) groups excluding carboxylic acids is 3. The van der Waals surface area contributed by atoms with Crippen LogP contribution in [0.1, 0.15) is 133 Å². The van der Waals surface area contributed by atoms with Crippen molar-refractivity contribution in [3.8, 4) is 0 Å². The van der Waals surface area contributed by atoms with Crippen LogP contribution in [0.15, 0.2) is 11.1 Å². The predicted molar refractivity (Wildman–Crippen MR) is 183 cm³/mol. The average Bonchev–Trinajstić information content (AvgIpc) is 3.25. The zero-order valence-electron chi connectivity index (χ0n) is 31.7. The number of nitrogens with one attached hydrogen (secondary N) is 2. The van der Waals surface area contributed by atoms with Crippen LogP contribution >= 0.6 is 0 Å². The molecule has 0 spiro atoms. The molecule has 3 N–H and O–H groups in total. The van der Waals surface area contributed by atoms with Crippen molar-refractivity contribution >= 4 is 23.8 Å². The number of Topliss-reactive ketones (excluding diaryl/α,β-unsaturated/α-hetero) is 1. The van der Waals surface area contributed by atoms with Crippen LogP contribution in [-0.4, -0.2) is 52.7 Å². The second-order valence-electron chi connectivity index (χ2n) is 18.8. The van der Waals surface area contributed by atoms with E-state index in [9.17, 15) is 37.5 Å².